The van der Waals surface area contributed by atoms with E-state index >= 15 is 0 Å². The number of likely N-dealkylation sites (tertiary alicyclic amines) is 1. The minimum Gasteiger partial charge on any atom is -0.334 e. The van der Waals surface area contributed by atoms with Crippen LogP contribution in [0.4, 0.5) is 0 Å². The summed E-state index contributed by atoms with van der Waals surface area (Å²) in [5, 5.41) is 10.5. The van der Waals surface area contributed by atoms with Gasteiger partial charge in [-0.3, -0.25) is 4.79 Å². The molecule has 1 amide bonds. The number of pyridine rings is 1. The second-order valence-electron chi connectivity index (χ2n) is 6.54. The van der Waals surface area contributed by atoms with Crippen LogP contribution in [0.2, 0.25) is 0 Å². The molecular weight excluding hydrogens is 314 g/mol. The molecule has 3 heterocycles. The SMILES string of the molecule is O=C(c1ccc2n[nH]nc2n1)N1CCCCC1CCc1ccccc1. The molecular formula is C19H21N5O. The van der Waals surface area contributed by atoms with Gasteiger partial charge in [0.15, 0.2) is 0 Å². The van der Waals surface area contributed by atoms with Gasteiger partial charge < -0.3 is 4.90 Å². The maximum absolute atomic E-state index is 13.0. The molecule has 1 N–H and O–H groups in total. The van der Waals surface area contributed by atoms with Crippen LogP contribution < -0.4 is 0 Å². The second-order valence-corrected chi connectivity index (χ2v) is 6.54. The van der Waals surface area contributed by atoms with E-state index in [1.54, 1.807) is 12.1 Å². The van der Waals surface area contributed by atoms with Gasteiger partial charge in [0.25, 0.3) is 5.91 Å². The summed E-state index contributed by atoms with van der Waals surface area (Å²) in [6, 6.07) is 14.3. The van der Waals surface area contributed by atoms with Crippen LogP contribution in [0.1, 0.15) is 41.7 Å². The minimum atomic E-state index is 0.00246. The van der Waals surface area contributed by atoms with Crippen molar-refractivity contribution in [3.63, 3.8) is 0 Å². The zero-order valence-corrected chi connectivity index (χ0v) is 14.1. The largest absolute Gasteiger partial charge is 0.334 e. The fourth-order valence-electron chi connectivity index (χ4n) is 3.55. The molecule has 3 aromatic rings. The number of nitrogens with zero attached hydrogens (tertiary/aromatic N) is 4. The van der Waals surface area contributed by atoms with Crippen molar-refractivity contribution < 1.29 is 4.79 Å². The normalized spacial score (nSPS) is 17.8. The molecule has 0 saturated carbocycles. The summed E-state index contributed by atoms with van der Waals surface area (Å²) in [4.78, 5) is 19.4. The summed E-state index contributed by atoms with van der Waals surface area (Å²) >= 11 is 0. The van der Waals surface area contributed by atoms with Crippen LogP contribution in [0.15, 0.2) is 42.5 Å². The first kappa shape index (κ1) is 15.7. The van der Waals surface area contributed by atoms with Gasteiger partial charge in [-0.1, -0.05) is 30.3 Å². The van der Waals surface area contributed by atoms with Crippen molar-refractivity contribution in [3.05, 3.63) is 53.7 Å². The van der Waals surface area contributed by atoms with E-state index < -0.39 is 0 Å². The molecule has 0 spiro atoms. The summed E-state index contributed by atoms with van der Waals surface area (Å²) in [5.41, 5.74) is 2.94. The van der Waals surface area contributed by atoms with Crippen LogP contribution in [0.5, 0.6) is 0 Å². The first-order chi connectivity index (χ1) is 12.3. The maximum Gasteiger partial charge on any atom is 0.272 e. The van der Waals surface area contributed by atoms with Crippen molar-refractivity contribution in [2.24, 2.45) is 0 Å². The third-order valence-corrected chi connectivity index (χ3v) is 4.90. The van der Waals surface area contributed by atoms with E-state index in [1.165, 1.54) is 12.0 Å². The van der Waals surface area contributed by atoms with Crippen molar-refractivity contribution in [1.29, 1.82) is 0 Å². The second kappa shape index (κ2) is 7.01. The molecule has 6 heteroatoms. The van der Waals surface area contributed by atoms with Crippen LogP contribution in [0.3, 0.4) is 0 Å². The summed E-state index contributed by atoms with van der Waals surface area (Å²) in [6.07, 6.45) is 5.27. The molecule has 0 bridgehead atoms. The maximum atomic E-state index is 13.0. The molecule has 6 nitrogen and oxygen atoms in total. The molecule has 4 rings (SSSR count). The number of piperidine rings is 1. The van der Waals surface area contributed by atoms with E-state index in [0.29, 0.717) is 16.9 Å². The Balaban J connectivity index is 1.50. The van der Waals surface area contributed by atoms with Gasteiger partial charge in [0, 0.05) is 12.6 Å². The molecule has 0 aliphatic carbocycles. The van der Waals surface area contributed by atoms with Gasteiger partial charge in [0.05, 0.1) is 0 Å². The van der Waals surface area contributed by atoms with E-state index in [1.807, 2.05) is 11.0 Å². The summed E-state index contributed by atoms with van der Waals surface area (Å²) in [6.45, 7) is 0.802. The number of benzene rings is 1. The molecule has 128 valence electrons. The number of aromatic amines is 1. The number of rotatable bonds is 4. The lowest BCUT2D eigenvalue weighted by atomic mass is 9.95. The van der Waals surface area contributed by atoms with Gasteiger partial charge in [0.2, 0.25) is 5.65 Å². The van der Waals surface area contributed by atoms with Gasteiger partial charge in [-0.05, 0) is 49.8 Å². The van der Waals surface area contributed by atoms with Gasteiger partial charge in [-0.2, -0.15) is 10.3 Å². The number of hydrogen-bond acceptors (Lipinski definition) is 4. The van der Waals surface area contributed by atoms with Crippen molar-refractivity contribution in [1.82, 2.24) is 25.3 Å². The molecule has 2 aromatic heterocycles. The number of hydrogen-bond donors (Lipinski definition) is 1. The highest BCUT2D eigenvalue weighted by molar-refractivity contribution is 5.94. The Kier molecular flexibility index (Phi) is 4.41. The topological polar surface area (TPSA) is 74.8 Å². The molecule has 1 aliphatic rings. The summed E-state index contributed by atoms with van der Waals surface area (Å²) in [5.74, 6) is 0.00246. The van der Waals surface area contributed by atoms with E-state index in [-0.39, 0.29) is 11.9 Å². The Hall–Kier alpha value is -2.76. The predicted octanol–water partition coefficient (Wildman–Crippen LogP) is 2.98. The smallest absolute Gasteiger partial charge is 0.272 e. The quantitative estimate of drug-likeness (QED) is 0.795. The minimum absolute atomic E-state index is 0.00246. The van der Waals surface area contributed by atoms with Gasteiger partial charge in [-0.25, -0.2) is 4.98 Å². The van der Waals surface area contributed by atoms with E-state index in [0.717, 1.165) is 32.2 Å². The number of aromatic nitrogens is 4. The van der Waals surface area contributed by atoms with Crippen LogP contribution in [-0.4, -0.2) is 43.8 Å². The lowest BCUT2D eigenvalue weighted by molar-refractivity contribution is 0.0596. The molecule has 1 fully saturated rings. The van der Waals surface area contributed by atoms with E-state index in [4.69, 9.17) is 0 Å². The molecule has 1 saturated heterocycles. The number of nitrogens with one attached hydrogen (secondary N) is 1. The lowest BCUT2D eigenvalue weighted by Crippen LogP contribution is -2.44. The number of fused-ring (bicyclic) bond motifs is 1. The molecule has 1 aliphatic heterocycles. The van der Waals surface area contributed by atoms with Crippen molar-refractivity contribution >= 4 is 17.1 Å². The fourth-order valence-corrected chi connectivity index (χ4v) is 3.55. The van der Waals surface area contributed by atoms with Crippen LogP contribution in [0, 0.1) is 0 Å². The number of carbonyl (C=O) groups is 1. The first-order valence-corrected chi connectivity index (χ1v) is 8.84. The zero-order valence-electron chi connectivity index (χ0n) is 14.1. The van der Waals surface area contributed by atoms with Crippen molar-refractivity contribution in [3.8, 4) is 0 Å². The van der Waals surface area contributed by atoms with Crippen molar-refractivity contribution in [2.75, 3.05) is 6.54 Å². The standard InChI is InChI=1S/C19H21N5O/c25-19(17-12-11-16-18(20-17)22-23-21-16)24-13-5-4-8-15(24)10-9-14-6-2-1-3-7-14/h1-3,6-7,11-12,15H,4-5,8-10,13H2,(H,20,21,22,23). The molecule has 0 radical (unpaired) electrons. The fraction of sp³-hybridized carbons (Fsp3) is 0.368. The number of carbonyl (C=O) groups excluding carboxylic acids is 1. The molecule has 1 aromatic carbocycles. The Morgan fingerprint density at radius 1 is 1.12 bits per heavy atom. The molecule has 1 atom stereocenters. The first-order valence-electron chi connectivity index (χ1n) is 8.84. The van der Waals surface area contributed by atoms with Crippen LogP contribution >= 0.6 is 0 Å². The Labute approximate surface area is 146 Å². The third kappa shape index (κ3) is 3.38. The van der Waals surface area contributed by atoms with Crippen LogP contribution in [0.25, 0.3) is 11.2 Å². The average molecular weight is 335 g/mol. The van der Waals surface area contributed by atoms with Gasteiger partial charge in [0.1, 0.15) is 11.2 Å². The molecule has 25 heavy (non-hydrogen) atoms. The highest BCUT2D eigenvalue weighted by Gasteiger charge is 2.28. The van der Waals surface area contributed by atoms with Crippen molar-refractivity contribution in [2.45, 2.75) is 38.1 Å². The van der Waals surface area contributed by atoms with Crippen LogP contribution in [-0.2, 0) is 6.42 Å². The highest BCUT2D eigenvalue weighted by Crippen LogP contribution is 2.23. The summed E-state index contributed by atoms with van der Waals surface area (Å²) in [7, 11) is 0. The highest BCUT2D eigenvalue weighted by atomic mass is 16.2. The molecule has 1 unspecified atom stereocenters. The third-order valence-electron chi connectivity index (χ3n) is 4.90. The van der Waals surface area contributed by atoms with Gasteiger partial charge in [-0.15, -0.1) is 5.10 Å². The Morgan fingerprint density at radius 2 is 2.00 bits per heavy atom. The number of amides is 1. The summed E-state index contributed by atoms with van der Waals surface area (Å²) < 4.78 is 0. The predicted molar refractivity (Wildman–Crippen MR) is 95.1 cm³/mol. The van der Waals surface area contributed by atoms with E-state index in [9.17, 15) is 4.79 Å². The average Bonchev–Trinajstić information content (AvgIpc) is 3.14. The number of H-pyrrole nitrogens is 1. The zero-order chi connectivity index (χ0) is 17.1. The van der Waals surface area contributed by atoms with Gasteiger partial charge >= 0.3 is 0 Å². The Bertz CT molecular complexity index is 860. The number of aryl methyl sites for hydroxylation is 1. The lowest BCUT2D eigenvalue weighted by Gasteiger charge is -2.35. The Morgan fingerprint density at radius 3 is 2.88 bits per heavy atom. The monoisotopic (exact) mass is 335 g/mol. The van der Waals surface area contributed by atoms with E-state index in [2.05, 4.69) is 44.7 Å².